The molecule has 0 aliphatic carbocycles. The van der Waals surface area contributed by atoms with Gasteiger partial charge in [-0.1, -0.05) is 57.2 Å². The Balaban J connectivity index is 1.52. The van der Waals surface area contributed by atoms with Crippen LogP contribution in [-0.4, -0.2) is 18.4 Å². The summed E-state index contributed by atoms with van der Waals surface area (Å²) in [4.78, 5) is 27.1. The Labute approximate surface area is 194 Å². The van der Waals surface area contributed by atoms with E-state index >= 15 is 0 Å². The first kappa shape index (κ1) is 22.6. The molecule has 0 saturated carbocycles. The van der Waals surface area contributed by atoms with Crippen LogP contribution in [0.25, 0.3) is 0 Å². The summed E-state index contributed by atoms with van der Waals surface area (Å²) in [6.45, 7) is 8.64. The third-order valence-electron chi connectivity index (χ3n) is 6.41. The molecule has 172 valence electrons. The van der Waals surface area contributed by atoms with E-state index in [1.807, 2.05) is 49.4 Å². The highest BCUT2D eigenvalue weighted by molar-refractivity contribution is 5.98. The fourth-order valence-corrected chi connectivity index (χ4v) is 3.83. The molecule has 2 heterocycles. The minimum absolute atomic E-state index is 0.0212. The summed E-state index contributed by atoms with van der Waals surface area (Å²) in [5.74, 6) is 0.988. The molecule has 4 rings (SSSR count). The summed E-state index contributed by atoms with van der Waals surface area (Å²) in [5, 5.41) is 2.95. The Bertz CT molecular complexity index is 1150. The van der Waals surface area contributed by atoms with Crippen molar-refractivity contribution in [2.45, 2.75) is 52.1 Å². The fourth-order valence-electron chi connectivity index (χ4n) is 3.83. The van der Waals surface area contributed by atoms with Crippen molar-refractivity contribution < 1.29 is 18.7 Å². The topological polar surface area (TPSA) is 71.8 Å². The first-order valence-electron chi connectivity index (χ1n) is 11.3. The third kappa shape index (κ3) is 4.80. The van der Waals surface area contributed by atoms with Gasteiger partial charge in [0.2, 0.25) is 0 Å². The molecule has 0 fully saturated rings. The van der Waals surface area contributed by atoms with Crippen molar-refractivity contribution in [3.05, 3.63) is 83.3 Å². The van der Waals surface area contributed by atoms with Crippen LogP contribution < -0.4 is 15.0 Å². The molecular formula is C27H30N2O4. The normalized spacial score (nSPS) is 14.4. The maximum absolute atomic E-state index is 12.7. The van der Waals surface area contributed by atoms with Crippen LogP contribution in [0.2, 0.25) is 0 Å². The Morgan fingerprint density at radius 3 is 2.61 bits per heavy atom. The number of hydrogen-bond acceptors (Lipinski definition) is 4. The molecule has 6 heteroatoms. The fraction of sp³-hybridized carbons (Fsp3) is 0.333. The van der Waals surface area contributed by atoms with E-state index in [-0.39, 0.29) is 42.2 Å². The van der Waals surface area contributed by atoms with E-state index in [0.717, 1.165) is 23.2 Å². The minimum Gasteiger partial charge on any atom is -0.482 e. The molecule has 1 N–H and O–H groups in total. The molecular weight excluding hydrogens is 416 g/mol. The van der Waals surface area contributed by atoms with Gasteiger partial charge in [0, 0.05) is 0 Å². The van der Waals surface area contributed by atoms with Crippen LogP contribution in [-0.2, 0) is 16.8 Å². The van der Waals surface area contributed by atoms with Crippen molar-refractivity contribution in [3.63, 3.8) is 0 Å². The highest BCUT2D eigenvalue weighted by atomic mass is 16.5. The second-order valence-electron chi connectivity index (χ2n) is 9.06. The first-order valence-corrected chi connectivity index (χ1v) is 11.3. The Morgan fingerprint density at radius 2 is 1.88 bits per heavy atom. The molecule has 1 aromatic heterocycles. The number of carbonyl (C=O) groups excluding carboxylic acids is 2. The van der Waals surface area contributed by atoms with Gasteiger partial charge in [0.05, 0.1) is 18.3 Å². The third-order valence-corrected chi connectivity index (χ3v) is 6.41. The predicted octanol–water partition coefficient (Wildman–Crippen LogP) is 5.38. The zero-order valence-corrected chi connectivity index (χ0v) is 19.6. The predicted molar refractivity (Wildman–Crippen MR) is 127 cm³/mol. The van der Waals surface area contributed by atoms with E-state index in [2.05, 4.69) is 32.2 Å². The number of anilines is 1. The van der Waals surface area contributed by atoms with Gasteiger partial charge in [0.15, 0.2) is 12.4 Å². The van der Waals surface area contributed by atoms with E-state index in [1.165, 1.54) is 0 Å². The van der Waals surface area contributed by atoms with Gasteiger partial charge >= 0.3 is 0 Å². The molecule has 2 amide bonds. The highest BCUT2D eigenvalue weighted by Gasteiger charge is 2.29. The van der Waals surface area contributed by atoms with Gasteiger partial charge in [-0.15, -0.1) is 0 Å². The quantitative estimate of drug-likeness (QED) is 0.529. The van der Waals surface area contributed by atoms with Crippen LogP contribution in [0.1, 0.15) is 67.6 Å². The molecule has 1 aliphatic heterocycles. The van der Waals surface area contributed by atoms with Gasteiger partial charge in [0.25, 0.3) is 11.8 Å². The molecule has 0 spiro atoms. The smallest absolute Gasteiger partial charge is 0.287 e. The number of ether oxygens (including phenoxy) is 1. The number of carbonyl (C=O) groups is 2. The number of benzene rings is 2. The van der Waals surface area contributed by atoms with Crippen LogP contribution in [0.5, 0.6) is 5.75 Å². The summed E-state index contributed by atoms with van der Waals surface area (Å²) in [6.07, 6.45) is 0.971. The van der Waals surface area contributed by atoms with E-state index in [4.69, 9.17) is 9.15 Å². The average Bonchev–Trinajstić information content (AvgIpc) is 3.30. The maximum Gasteiger partial charge on any atom is 0.287 e. The highest BCUT2D eigenvalue weighted by Crippen LogP contribution is 2.38. The number of nitrogens with one attached hydrogen (secondary N) is 1. The summed E-state index contributed by atoms with van der Waals surface area (Å²) in [7, 11) is 0. The lowest BCUT2D eigenvalue weighted by Gasteiger charge is -2.31. The molecule has 0 saturated heterocycles. The van der Waals surface area contributed by atoms with Crippen LogP contribution in [0.15, 0.2) is 65.1 Å². The lowest BCUT2D eigenvalue weighted by Crippen LogP contribution is -2.38. The first-order chi connectivity index (χ1) is 15.8. The van der Waals surface area contributed by atoms with E-state index in [0.29, 0.717) is 11.5 Å². The lowest BCUT2D eigenvalue weighted by molar-refractivity contribution is -0.121. The van der Waals surface area contributed by atoms with Crippen molar-refractivity contribution in [3.8, 4) is 5.75 Å². The largest absolute Gasteiger partial charge is 0.482 e. The number of fused-ring (bicyclic) bond motifs is 1. The van der Waals surface area contributed by atoms with E-state index in [1.54, 1.807) is 17.0 Å². The van der Waals surface area contributed by atoms with Gasteiger partial charge in [0.1, 0.15) is 11.5 Å². The summed E-state index contributed by atoms with van der Waals surface area (Å²) in [5.41, 5.74) is 2.86. The summed E-state index contributed by atoms with van der Waals surface area (Å²) in [6, 6.07) is 19.0. The number of furan rings is 1. The second kappa shape index (κ2) is 9.14. The van der Waals surface area contributed by atoms with Crippen molar-refractivity contribution in [2.75, 3.05) is 11.5 Å². The molecule has 6 nitrogen and oxygen atoms in total. The Hall–Kier alpha value is -3.54. The van der Waals surface area contributed by atoms with Gasteiger partial charge in [-0.25, -0.2) is 0 Å². The van der Waals surface area contributed by atoms with Gasteiger partial charge < -0.3 is 14.5 Å². The molecule has 1 atom stereocenters. The summed E-state index contributed by atoms with van der Waals surface area (Å²) >= 11 is 0. The van der Waals surface area contributed by atoms with Gasteiger partial charge in [-0.2, -0.15) is 0 Å². The standard InChI is InChI=1S/C27H30N2O4/c1-5-27(3,4)20-11-13-23-22(15-20)29(25(30)17-32-23)16-21-12-14-24(33-21)26(31)28-18(2)19-9-7-6-8-10-19/h6-15,18H,5,16-17H2,1-4H3,(H,28,31). The lowest BCUT2D eigenvalue weighted by atomic mass is 9.82. The minimum atomic E-state index is -0.293. The number of rotatable bonds is 7. The van der Waals surface area contributed by atoms with E-state index in [9.17, 15) is 9.59 Å². The SMILES string of the molecule is CCC(C)(C)c1ccc2c(c1)N(Cc1ccc(C(=O)NC(C)c3ccccc3)o1)C(=O)CO2. The van der Waals surface area contributed by atoms with Gasteiger partial charge in [-0.3, -0.25) is 14.5 Å². The van der Waals surface area contributed by atoms with Crippen molar-refractivity contribution >= 4 is 17.5 Å². The van der Waals surface area contributed by atoms with Crippen molar-refractivity contribution in [1.82, 2.24) is 5.32 Å². The molecule has 0 radical (unpaired) electrons. The molecule has 33 heavy (non-hydrogen) atoms. The van der Waals surface area contributed by atoms with Crippen molar-refractivity contribution in [2.24, 2.45) is 0 Å². The number of nitrogens with zero attached hydrogens (tertiary/aromatic N) is 1. The average molecular weight is 447 g/mol. The zero-order chi connectivity index (χ0) is 23.6. The molecule has 3 aromatic rings. The van der Waals surface area contributed by atoms with Crippen LogP contribution in [0.4, 0.5) is 5.69 Å². The van der Waals surface area contributed by atoms with Crippen LogP contribution in [0, 0.1) is 0 Å². The number of amides is 2. The Kier molecular flexibility index (Phi) is 6.27. The molecule has 2 aromatic carbocycles. The van der Waals surface area contributed by atoms with Crippen LogP contribution >= 0.6 is 0 Å². The van der Waals surface area contributed by atoms with Crippen molar-refractivity contribution in [1.29, 1.82) is 0 Å². The maximum atomic E-state index is 12.7. The molecule has 1 unspecified atom stereocenters. The molecule has 0 bridgehead atoms. The van der Waals surface area contributed by atoms with Gasteiger partial charge in [-0.05, 0) is 54.2 Å². The monoisotopic (exact) mass is 446 g/mol. The molecule has 1 aliphatic rings. The van der Waals surface area contributed by atoms with E-state index < -0.39 is 0 Å². The number of hydrogen-bond donors (Lipinski definition) is 1. The second-order valence-corrected chi connectivity index (χ2v) is 9.06. The van der Waals surface area contributed by atoms with Crippen LogP contribution in [0.3, 0.4) is 0 Å². The zero-order valence-electron chi connectivity index (χ0n) is 19.6. The summed E-state index contributed by atoms with van der Waals surface area (Å²) < 4.78 is 11.5. The Morgan fingerprint density at radius 1 is 1.12 bits per heavy atom.